The third-order valence-electron chi connectivity index (χ3n) is 4.91. The predicted molar refractivity (Wildman–Crippen MR) is 97.3 cm³/mol. The first-order valence-electron chi connectivity index (χ1n) is 8.49. The topological polar surface area (TPSA) is 87.2 Å². The number of carboxylic acid groups (broad SMARTS) is 1. The summed E-state index contributed by atoms with van der Waals surface area (Å²) in [5.74, 6) is -0.998. The van der Waals surface area contributed by atoms with Crippen LogP contribution in [0.15, 0.2) is 29.2 Å². The first kappa shape index (κ1) is 18.7. The maximum Gasteiger partial charge on any atom is 0.313 e. The monoisotopic (exact) mass is 378 g/mol. The molecule has 3 rings (SSSR count). The van der Waals surface area contributed by atoms with Crippen molar-refractivity contribution in [2.45, 2.75) is 17.7 Å². The summed E-state index contributed by atoms with van der Waals surface area (Å²) >= 11 is 1.46. The molecule has 1 aromatic carbocycles. The van der Waals surface area contributed by atoms with Crippen molar-refractivity contribution in [2.24, 2.45) is 5.41 Å². The van der Waals surface area contributed by atoms with Gasteiger partial charge in [-0.05, 0) is 25.0 Å². The molecule has 0 saturated carbocycles. The SMILES string of the molecule is COCC1(C(=O)O)CCCN(C(=O)CN2C(=O)CSc3ccccc32)C1. The third-order valence-corrected chi connectivity index (χ3v) is 5.95. The van der Waals surface area contributed by atoms with Gasteiger partial charge in [0.15, 0.2) is 0 Å². The molecule has 2 aliphatic heterocycles. The number of hydrogen-bond acceptors (Lipinski definition) is 5. The molecular formula is C18H22N2O5S. The molecule has 1 saturated heterocycles. The number of amides is 2. The molecule has 2 heterocycles. The van der Waals surface area contributed by atoms with E-state index in [1.807, 2.05) is 24.3 Å². The van der Waals surface area contributed by atoms with E-state index in [4.69, 9.17) is 4.74 Å². The predicted octanol–water partition coefficient (Wildman–Crippen LogP) is 1.47. The minimum atomic E-state index is -1.08. The van der Waals surface area contributed by atoms with Crippen LogP contribution < -0.4 is 4.90 Å². The summed E-state index contributed by atoms with van der Waals surface area (Å²) in [5.41, 5.74) is -0.344. The van der Waals surface area contributed by atoms with Crippen LogP contribution in [0.5, 0.6) is 0 Å². The molecule has 1 fully saturated rings. The van der Waals surface area contributed by atoms with E-state index < -0.39 is 11.4 Å². The van der Waals surface area contributed by atoms with Crippen LogP contribution in [0.4, 0.5) is 5.69 Å². The fraction of sp³-hybridized carbons (Fsp3) is 0.500. The fourth-order valence-electron chi connectivity index (χ4n) is 3.54. The van der Waals surface area contributed by atoms with Crippen LogP contribution in [-0.4, -0.2) is 66.9 Å². The molecule has 8 heteroatoms. The second kappa shape index (κ2) is 7.67. The first-order valence-corrected chi connectivity index (χ1v) is 9.48. The van der Waals surface area contributed by atoms with Crippen molar-refractivity contribution in [3.63, 3.8) is 0 Å². The van der Waals surface area contributed by atoms with E-state index in [1.54, 1.807) is 4.90 Å². The highest BCUT2D eigenvalue weighted by molar-refractivity contribution is 8.00. The number of para-hydroxylation sites is 1. The van der Waals surface area contributed by atoms with Gasteiger partial charge in [-0.1, -0.05) is 12.1 Å². The first-order chi connectivity index (χ1) is 12.5. The van der Waals surface area contributed by atoms with Crippen molar-refractivity contribution in [1.82, 2.24) is 4.90 Å². The number of thioether (sulfide) groups is 1. The minimum absolute atomic E-state index is 0.0637. The van der Waals surface area contributed by atoms with Crippen LogP contribution in [-0.2, 0) is 19.1 Å². The third kappa shape index (κ3) is 3.57. The Morgan fingerprint density at radius 1 is 1.35 bits per heavy atom. The number of anilines is 1. The highest BCUT2D eigenvalue weighted by atomic mass is 32.2. The summed E-state index contributed by atoms with van der Waals surface area (Å²) in [7, 11) is 1.46. The Bertz CT molecular complexity index is 721. The Morgan fingerprint density at radius 2 is 2.12 bits per heavy atom. The number of carbonyl (C=O) groups is 3. The van der Waals surface area contributed by atoms with Gasteiger partial charge in [-0.3, -0.25) is 14.4 Å². The Kier molecular flexibility index (Phi) is 5.52. The molecule has 0 radical (unpaired) electrons. The van der Waals surface area contributed by atoms with Crippen molar-refractivity contribution in [3.05, 3.63) is 24.3 Å². The van der Waals surface area contributed by atoms with E-state index in [0.29, 0.717) is 25.1 Å². The highest BCUT2D eigenvalue weighted by Crippen LogP contribution is 2.35. The lowest BCUT2D eigenvalue weighted by atomic mass is 9.80. The van der Waals surface area contributed by atoms with Crippen LogP contribution in [0.3, 0.4) is 0 Å². The smallest absolute Gasteiger partial charge is 0.313 e. The zero-order chi connectivity index (χ0) is 18.7. The number of aliphatic carboxylic acids is 1. The number of ether oxygens (including phenoxy) is 1. The Morgan fingerprint density at radius 3 is 2.85 bits per heavy atom. The number of methoxy groups -OCH3 is 1. The number of nitrogens with zero attached hydrogens (tertiary/aromatic N) is 2. The van der Waals surface area contributed by atoms with Gasteiger partial charge in [-0.15, -0.1) is 11.8 Å². The van der Waals surface area contributed by atoms with Crippen LogP contribution in [0, 0.1) is 5.41 Å². The largest absolute Gasteiger partial charge is 0.481 e. The fourth-order valence-corrected chi connectivity index (χ4v) is 4.47. The zero-order valence-corrected chi connectivity index (χ0v) is 15.5. The van der Waals surface area contributed by atoms with Crippen LogP contribution in [0.2, 0.25) is 0 Å². The lowest BCUT2D eigenvalue weighted by Gasteiger charge is -2.40. The molecular weight excluding hydrogens is 356 g/mol. The maximum absolute atomic E-state index is 12.8. The summed E-state index contributed by atoms with van der Waals surface area (Å²) < 4.78 is 5.10. The van der Waals surface area contributed by atoms with E-state index in [0.717, 1.165) is 10.6 Å². The minimum Gasteiger partial charge on any atom is -0.481 e. The van der Waals surface area contributed by atoms with Gasteiger partial charge in [0, 0.05) is 25.1 Å². The standard InChI is InChI=1S/C18H22N2O5S/c1-25-12-18(17(23)24)7-4-8-19(11-18)15(21)9-20-13-5-2-3-6-14(13)26-10-16(20)22/h2-3,5-6H,4,7-12H2,1H3,(H,23,24). The molecule has 0 aliphatic carbocycles. The molecule has 26 heavy (non-hydrogen) atoms. The summed E-state index contributed by atoms with van der Waals surface area (Å²) in [6.45, 7) is 0.594. The summed E-state index contributed by atoms with van der Waals surface area (Å²) in [5, 5.41) is 9.63. The summed E-state index contributed by atoms with van der Waals surface area (Å²) in [6, 6.07) is 7.50. The Hall–Kier alpha value is -2.06. The molecule has 1 N–H and O–H groups in total. The van der Waals surface area contributed by atoms with Crippen molar-refractivity contribution < 1.29 is 24.2 Å². The van der Waals surface area contributed by atoms with E-state index in [-0.39, 0.29) is 31.5 Å². The molecule has 140 valence electrons. The molecule has 2 amide bonds. The lowest BCUT2D eigenvalue weighted by molar-refractivity contribution is -0.159. The van der Waals surface area contributed by atoms with Gasteiger partial charge in [0.1, 0.15) is 12.0 Å². The quantitative estimate of drug-likeness (QED) is 0.835. The average molecular weight is 378 g/mol. The van der Waals surface area contributed by atoms with E-state index >= 15 is 0 Å². The van der Waals surface area contributed by atoms with Gasteiger partial charge < -0.3 is 19.6 Å². The van der Waals surface area contributed by atoms with Gasteiger partial charge in [0.25, 0.3) is 0 Å². The molecule has 1 unspecified atom stereocenters. The lowest BCUT2D eigenvalue weighted by Crippen LogP contribution is -2.54. The molecule has 1 atom stereocenters. The second-order valence-corrected chi connectivity index (χ2v) is 7.69. The second-order valence-electron chi connectivity index (χ2n) is 6.67. The normalized spacial score (nSPS) is 22.9. The van der Waals surface area contributed by atoms with Crippen molar-refractivity contribution in [2.75, 3.05) is 44.0 Å². The number of rotatable bonds is 5. The summed E-state index contributed by atoms with van der Waals surface area (Å²) in [4.78, 5) is 40.9. The van der Waals surface area contributed by atoms with E-state index in [2.05, 4.69) is 0 Å². The Balaban J connectivity index is 1.76. The van der Waals surface area contributed by atoms with Crippen molar-refractivity contribution >= 4 is 35.2 Å². The summed E-state index contributed by atoms with van der Waals surface area (Å²) in [6.07, 6.45) is 1.07. The molecule has 7 nitrogen and oxygen atoms in total. The molecule has 2 aliphatic rings. The molecule has 0 aromatic heterocycles. The number of carbonyl (C=O) groups excluding carboxylic acids is 2. The number of benzene rings is 1. The van der Waals surface area contributed by atoms with Crippen LogP contribution in [0.25, 0.3) is 0 Å². The van der Waals surface area contributed by atoms with E-state index in [9.17, 15) is 19.5 Å². The van der Waals surface area contributed by atoms with Gasteiger partial charge in [-0.2, -0.15) is 0 Å². The molecule has 0 bridgehead atoms. The number of piperidine rings is 1. The number of likely N-dealkylation sites (tertiary alicyclic amines) is 1. The van der Waals surface area contributed by atoms with Crippen LogP contribution >= 0.6 is 11.8 Å². The van der Waals surface area contributed by atoms with E-state index in [1.165, 1.54) is 23.8 Å². The van der Waals surface area contributed by atoms with Crippen LogP contribution in [0.1, 0.15) is 12.8 Å². The van der Waals surface area contributed by atoms with Gasteiger partial charge in [0.2, 0.25) is 11.8 Å². The molecule has 0 spiro atoms. The van der Waals surface area contributed by atoms with Gasteiger partial charge >= 0.3 is 5.97 Å². The number of hydrogen-bond donors (Lipinski definition) is 1. The van der Waals surface area contributed by atoms with Crippen molar-refractivity contribution in [3.8, 4) is 0 Å². The number of carboxylic acids is 1. The Labute approximate surface area is 156 Å². The van der Waals surface area contributed by atoms with Gasteiger partial charge in [0.05, 0.1) is 18.0 Å². The maximum atomic E-state index is 12.8. The highest BCUT2D eigenvalue weighted by Gasteiger charge is 2.44. The average Bonchev–Trinajstić information content (AvgIpc) is 2.64. The van der Waals surface area contributed by atoms with Gasteiger partial charge in [-0.25, -0.2) is 0 Å². The van der Waals surface area contributed by atoms with Crippen molar-refractivity contribution in [1.29, 1.82) is 0 Å². The number of fused-ring (bicyclic) bond motifs is 1. The zero-order valence-electron chi connectivity index (χ0n) is 14.6. The molecule has 1 aromatic rings.